The number of methoxy groups -OCH3 is 3. The molecule has 0 unspecified atom stereocenters. The molecule has 278 valence electrons. The highest BCUT2D eigenvalue weighted by molar-refractivity contribution is 8.13. The predicted octanol–water partition coefficient (Wildman–Crippen LogP) is 5.38. The van der Waals surface area contributed by atoms with Gasteiger partial charge in [0.15, 0.2) is 15.0 Å². The first kappa shape index (κ1) is 41.6. The number of aromatic amines is 1. The van der Waals surface area contributed by atoms with Crippen LogP contribution in [0.2, 0.25) is 5.15 Å². The van der Waals surface area contributed by atoms with Crippen LogP contribution in [-0.4, -0.2) is 67.3 Å². The quantitative estimate of drug-likeness (QED) is 0.149. The van der Waals surface area contributed by atoms with E-state index in [1.165, 1.54) is 45.6 Å². The molecule has 52 heavy (non-hydrogen) atoms. The SMILES string of the molecule is COc1ccc(S(=O)(=O)CC#N)c(F)c1.COc1ccc(S(=O)(=O)Cl)c(F)c1.COc1ccc(S(=O)(=O)c2c(N)[nH]c3c(Cl)nc(C)nc23)c(F)c1. The summed E-state index contributed by atoms with van der Waals surface area (Å²) in [4.78, 5) is 8.74. The summed E-state index contributed by atoms with van der Waals surface area (Å²) in [7, 11) is -3.16. The number of anilines is 1. The third-order valence-electron chi connectivity index (χ3n) is 6.52. The molecule has 0 radical (unpaired) electrons. The van der Waals surface area contributed by atoms with Crippen LogP contribution < -0.4 is 19.9 Å². The van der Waals surface area contributed by atoms with E-state index >= 15 is 0 Å². The van der Waals surface area contributed by atoms with E-state index in [0.29, 0.717) is 0 Å². The molecule has 0 spiro atoms. The van der Waals surface area contributed by atoms with Gasteiger partial charge in [-0.1, -0.05) is 11.6 Å². The third kappa shape index (κ3) is 9.54. The Hall–Kier alpha value is -4.81. The van der Waals surface area contributed by atoms with Crippen molar-refractivity contribution in [3.05, 3.63) is 83.0 Å². The van der Waals surface area contributed by atoms with Gasteiger partial charge in [0, 0.05) is 28.9 Å². The fourth-order valence-electron chi connectivity index (χ4n) is 4.17. The van der Waals surface area contributed by atoms with Crippen LogP contribution in [-0.2, 0) is 28.7 Å². The van der Waals surface area contributed by atoms with Gasteiger partial charge in [0.1, 0.15) is 82.7 Å². The lowest BCUT2D eigenvalue weighted by atomic mass is 10.3. The molecule has 2 heterocycles. The summed E-state index contributed by atoms with van der Waals surface area (Å²) in [5, 5.41) is 8.31. The molecule has 3 N–H and O–H groups in total. The molecule has 14 nitrogen and oxygen atoms in total. The van der Waals surface area contributed by atoms with Gasteiger partial charge in [0.2, 0.25) is 9.84 Å². The second kappa shape index (κ2) is 16.7. The zero-order valence-electron chi connectivity index (χ0n) is 27.1. The fourth-order valence-corrected chi connectivity index (χ4v) is 7.81. The first-order valence-corrected chi connectivity index (χ1v) is 19.6. The minimum Gasteiger partial charge on any atom is -0.497 e. The Balaban J connectivity index is 0.000000225. The predicted molar refractivity (Wildman–Crippen MR) is 183 cm³/mol. The van der Waals surface area contributed by atoms with Gasteiger partial charge >= 0.3 is 0 Å². The second-order valence-corrected chi connectivity index (χ2v) is 16.6. The maximum absolute atomic E-state index is 14.2. The molecule has 3 aromatic carbocycles. The number of nitrogens with one attached hydrogen (secondary N) is 1. The zero-order chi connectivity index (χ0) is 39.2. The van der Waals surface area contributed by atoms with E-state index in [-0.39, 0.29) is 50.0 Å². The van der Waals surface area contributed by atoms with Crippen molar-refractivity contribution in [1.29, 1.82) is 5.26 Å². The van der Waals surface area contributed by atoms with Crippen molar-refractivity contribution >= 4 is 67.9 Å². The van der Waals surface area contributed by atoms with Crippen molar-refractivity contribution in [1.82, 2.24) is 15.0 Å². The molecule has 22 heteroatoms. The van der Waals surface area contributed by atoms with Gasteiger partial charge in [0.25, 0.3) is 9.05 Å². The van der Waals surface area contributed by atoms with Crippen LogP contribution in [0.5, 0.6) is 17.2 Å². The van der Waals surface area contributed by atoms with E-state index < -0.39 is 66.6 Å². The maximum atomic E-state index is 14.2. The van der Waals surface area contributed by atoms with Crippen molar-refractivity contribution in [2.45, 2.75) is 26.5 Å². The number of sulfone groups is 2. The lowest BCUT2D eigenvalue weighted by Gasteiger charge is -2.07. The van der Waals surface area contributed by atoms with E-state index in [0.717, 1.165) is 36.4 Å². The van der Waals surface area contributed by atoms with E-state index in [9.17, 15) is 38.4 Å². The number of H-pyrrole nitrogens is 1. The number of nitrogen functional groups attached to an aromatic ring is 1. The highest BCUT2D eigenvalue weighted by Crippen LogP contribution is 2.36. The third-order valence-corrected chi connectivity index (χ3v) is 11.5. The molecule has 0 saturated carbocycles. The number of hydrogen-bond donors (Lipinski definition) is 2. The lowest BCUT2D eigenvalue weighted by molar-refractivity contribution is 0.409. The van der Waals surface area contributed by atoms with Gasteiger partial charge in [-0.05, 0) is 43.3 Å². The summed E-state index contributed by atoms with van der Waals surface area (Å²) in [6.45, 7) is 1.55. The van der Waals surface area contributed by atoms with E-state index in [1.54, 1.807) is 6.92 Å². The number of nitrogens with zero attached hydrogens (tertiary/aromatic N) is 3. The summed E-state index contributed by atoms with van der Waals surface area (Å²) in [6.07, 6.45) is 0. The van der Waals surface area contributed by atoms with Gasteiger partial charge in [-0.25, -0.2) is 48.4 Å². The highest BCUT2D eigenvalue weighted by atomic mass is 35.7. The number of rotatable bonds is 8. The molecule has 0 fully saturated rings. The van der Waals surface area contributed by atoms with E-state index in [4.69, 9.17) is 42.8 Å². The summed E-state index contributed by atoms with van der Waals surface area (Å²) in [5.41, 5.74) is 5.98. The number of nitriles is 1. The number of benzene rings is 3. The van der Waals surface area contributed by atoms with E-state index in [2.05, 4.69) is 19.7 Å². The van der Waals surface area contributed by atoms with Gasteiger partial charge in [-0.3, -0.25) is 0 Å². The number of nitrogens with two attached hydrogens (primary N) is 1. The Kier molecular flexibility index (Phi) is 13.4. The van der Waals surface area contributed by atoms with Gasteiger partial charge < -0.3 is 24.9 Å². The molecule has 0 saturated heterocycles. The smallest absolute Gasteiger partial charge is 0.264 e. The number of ether oxygens (including phenoxy) is 3. The van der Waals surface area contributed by atoms with Crippen LogP contribution in [0.4, 0.5) is 19.0 Å². The van der Waals surface area contributed by atoms with Crippen LogP contribution in [0, 0.1) is 35.7 Å². The van der Waals surface area contributed by atoms with Crippen LogP contribution in [0.15, 0.2) is 74.2 Å². The largest absolute Gasteiger partial charge is 0.497 e. The Morgan fingerprint density at radius 2 is 1.23 bits per heavy atom. The second-order valence-electron chi connectivity index (χ2n) is 9.90. The average molecular weight is 825 g/mol. The number of hydrogen-bond acceptors (Lipinski definition) is 13. The average Bonchev–Trinajstić information content (AvgIpc) is 3.40. The number of fused-ring (bicyclic) bond motifs is 1. The van der Waals surface area contributed by atoms with Crippen LogP contribution in [0.1, 0.15) is 5.82 Å². The minimum atomic E-state index is -4.28. The molecule has 0 aliphatic rings. The molecule has 0 aliphatic carbocycles. The molecule has 0 bridgehead atoms. The molecule has 0 atom stereocenters. The van der Waals surface area contributed by atoms with Gasteiger partial charge in [-0.2, -0.15) is 5.26 Å². The highest BCUT2D eigenvalue weighted by Gasteiger charge is 2.30. The Labute approximate surface area is 305 Å². The molecular formula is C30H26Cl2F3N5O9S3. The summed E-state index contributed by atoms with van der Waals surface area (Å²) in [5.74, 6) is -2.81. The van der Waals surface area contributed by atoms with Crippen molar-refractivity contribution in [3.63, 3.8) is 0 Å². The molecular weight excluding hydrogens is 798 g/mol. The minimum absolute atomic E-state index is 0.0141. The van der Waals surface area contributed by atoms with Crippen molar-refractivity contribution in [2.24, 2.45) is 0 Å². The van der Waals surface area contributed by atoms with Crippen LogP contribution in [0.25, 0.3) is 11.0 Å². The molecule has 2 aromatic heterocycles. The molecule has 0 aliphatic heterocycles. The number of halogens is 5. The fraction of sp³-hybridized carbons (Fsp3) is 0.167. The lowest BCUT2D eigenvalue weighted by Crippen LogP contribution is -2.07. The topological polar surface area (TPSA) is 221 Å². The van der Waals surface area contributed by atoms with Crippen molar-refractivity contribution in [2.75, 3.05) is 32.8 Å². The number of aromatic nitrogens is 3. The van der Waals surface area contributed by atoms with Gasteiger partial charge in [-0.15, -0.1) is 0 Å². The van der Waals surface area contributed by atoms with Crippen molar-refractivity contribution < 1.29 is 52.6 Å². The van der Waals surface area contributed by atoms with Crippen LogP contribution in [0.3, 0.4) is 0 Å². The first-order chi connectivity index (χ1) is 24.2. The summed E-state index contributed by atoms with van der Waals surface area (Å²) < 4.78 is 125. The first-order valence-electron chi connectivity index (χ1n) is 13.8. The van der Waals surface area contributed by atoms with Crippen LogP contribution >= 0.6 is 22.3 Å². The molecule has 0 amide bonds. The standard InChI is InChI=1S/C14H12ClFN4O3S.C9H8FNO3S.C7H6ClFO3S/c1-6-18-10-11(13(15)19-6)20-14(17)12(10)24(21,22)9-4-3-7(23-2)5-8(9)16;1-14-7-2-3-9(8(10)6-7)15(12,13)5-4-11;1-12-5-2-3-7(6(9)4-5)13(8,10)11/h3-5,20H,17H2,1-2H3;2-3,6H,5H2,1H3;2-4H,1H3. The summed E-state index contributed by atoms with van der Waals surface area (Å²) >= 11 is 5.99. The zero-order valence-corrected chi connectivity index (χ0v) is 31.1. The van der Waals surface area contributed by atoms with E-state index in [1.807, 2.05) is 0 Å². The molecule has 5 aromatic rings. The molecule has 5 rings (SSSR count). The number of aryl methyl sites for hydroxylation is 1. The monoisotopic (exact) mass is 823 g/mol. The summed E-state index contributed by atoms with van der Waals surface area (Å²) in [6, 6.07) is 11.6. The Morgan fingerprint density at radius 3 is 1.63 bits per heavy atom. The maximum Gasteiger partial charge on any atom is 0.264 e. The van der Waals surface area contributed by atoms with Gasteiger partial charge in [0.05, 0.1) is 27.4 Å². The Bertz CT molecular complexity index is 2520. The van der Waals surface area contributed by atoms with Crippen molar-refractivity contribution in [3.8, 4) is 23.3 Å². The Morgan fingerprint density at radius 1 is 0.788 bits per heavy atom. The normalized spacial score (nSPS) is 11.4.